The number of rotatable bonds is 7. The number of hydrogen-bond donors (Lipinski definition) is 3. The van der Waals surface area contributed by atoms with E-state index in [1.807, 2.05) is 30.3 Å². The van der Waals surface area contributed by atoms with Crippen LogP contribution in [0.3, 0.4) is 0 Å². The number of β-amino-alcohol motifs (C(OH)–C–C–N with tert-alkyl or cyclic N) is 1. The van der Waals surface area contributed by atoms with E-state index in [2.05, 4.69) is 5.32 Å². The molecule has 1 heterocycles. The smallest absolute Gasteiger partial charge is 0.411 e. The number of methoxy groups -OCH3 is 1. The lowest BCUT2D eigenvalue weighted by molar-refractivity contribution is -0.131. The molecule has 1 saturated heterocycles. The zero-order chi connectivity index (χ0) is 22.4. The summed E-state index contributed by atoms with van der Waals surface area (Å²) in [6.07, 6.45) is -2.39. The van der Waals surface area contributed by atoms with Gasteiger partial charge in [0.15, 0.2) is 0 Å². The minimum Gasteiger partial charge on any atom is -0.497 e. The SMILES string of the molecule is COc1cccc(C(O)CNC(=O)C2(C)CC(O)CN2C(=O)OCc2ccccc2)c1. The van der Waals surface area contributed by atoms with Gasteiger partial charge in [0.1, 0.15) is 17.9 Å². The number of amides is 2. The van der Waals surface area contributed by atoms with Crippen LogP contribution >= 0.6 is 0 Å². The number of carbonyl (C=O) groups is 2. The molecule has 2 aromatic carbocycles. The van der Waals surface area contributed by atoms with E-state index in [0.717, 1.165) is 5.56 Å². The van der Waals surface area contributed by atoms with Crippen molar-refractivity contribution in [2.24, 2.45) is 0 Å². The molecule has 1 aliphatic heterocycles. The van der Waals surface area contributed by atoms with Gasteiger partial charge in [0, 0.05) is 13.0 Å². The van der Waals surface area contributed by atoms with Crippen LogP contribution in [0.15, 0.2) is 54.6 Å². The molecule has 0 saturated carbocycles. The van der Waals surface area contributed by atoms with Crippen LogP contribution in [0, 0.1) is 0 Å². The van der Waals surface area contributed by atoms with Crippen molar-refractivity contribution in [1.82, 2.24) is 10.2 Å². The Bertz CT molecular complexity index is 906. The minimum atomic E-state index is -1.29. The Labute approximate surface area is 181 Å². The number of nitrogens with zero attached hydrogens (tertiary/aromatic N) is 1. The van der Waals surface area contributed by atoms with E-state index in [9.17, 15) is 19.8 Å². The first-order valence-electron chi connectivity index (χ1n) is 10.1. The first kappa shape index (κ1) is 22.6. The molecule has 8 heteroatoms. The molecule has 3 N–H and O–H groups in total. The Morgan fingerprint density at radius 2 is 1.97 bits per heavy atom. The van der Waals surface area contributed by atoms with Gasteiger partial charge in [-0.3, -0.25) is 9.69 Å². The molecule has 8 nitrogen and oxygen atoms in total. The van der Waals surface area contributed by atoms with Crippen molar-refractivity contribution in [3.05, 3.63) is 65.7 Å². The molecule has 3 rings (SSSR count). The summed E-state index contributed by atoms with van der Waals surface area (Å²) in [5.74, 6) is 0.128. The molecule has 0 spiro atoms. The van der Waals surface area contributed by atoms with Gasteiger partial charge in [-0.2, -0.15) is 0 Å². The predicted molar refractivity (Wildman–Crippen MR) is 113 cm³/mol. The molecule has 0 bridgehead atoms. The third-order valence-electron chi connectivity index (χ3n) is 5.47. The number of benzene rings is 2. The summed E-state index contributed by atoms with van der Waals surface area (Å²) < 4.78 is 10.5. The molecular formula is C23H28N2O6. The van der Waals surface area contributed by atoms with Crippen LogP contribution in [0.5, 0.6) is 5.75 Å². The summed E-state index contributed by atoms with van der Waals surface area (Å²) in [5.41, 5.74) is 0.125. The summed E-state index contributed by atoms with van der Waals surface area (Å²) in [7, 11) is 1.53. The fourth-order valence-electron chi connectivity index (χ4n) is 3.68. The van der Waals surface area contributed by atoms with Crippen LogP contribution < -0.4 is 10.1 Å². The predicted octanol–water partition coefficient (Wildman–Crippen LogP) is 2.01. The second-order valence-corrected chi connectivity index (χ2v) is 7.79. The van der Waals surface area contributed by atoms with Crippen LogP contribution in [0.25, 0.3) is 0 Å². The fourth-order valence-corrected chi connectivity index (χ4v) is 3.68. The van der Waals surface area contributed by atoms with Gasteiger partial charge in [-0.15, -0.1) is 0 Å². The van der Waals surface area contributed by atoms with Crippen LogP contribution in [-0.2, 0) is 16.1 Å². The summed E-state index contributed by atoms with van der Waals surface area (Å²) in [6, 6.07) is 16.1. The highest BCUT2D eigenvalue weighted by Gasteiger charge is 2.50. The van der Waals surface area contributed by atoms with Crippen molar-refractivity contribution in [2.75, 3.05) is 20.2 Å². The van der Waals surface area contributed by atoms with Crippen molar-refractivity contribution >= 4 is 12.0 Å². The van der Waals surface area contributed by atoms with Crippen molar-refractivity contribution in [3.8, 4) is 5.75 Å². The first-order chi connectivity index (χ1) is 14.8. The molecule has 1 aliphatic rings. The number of aliphatic hydroxyl groups excluding tert-OH is 2. The summed E-state index contributed by atoms with van der Waals surface area (Å²) >= 11 is 0. The van der Waals surface area contributed by atoms with Crippen LogP contribution in [-0.4, -0.2) is 59.0 Å². The quantitative estimate of drug-likeness (QED) is 0.623. The molecule has 31 heavy (non-hydrogen) atoms. The highest BCUT2D eigenvalue weighted by molar-refractivity contribution is 5.90. The highest BCUT2D eigenvalue weighted by Crippen LogP contribution is 2.31. The van der Waals surface area contributed by atoms with Gasteiger partial charge in [-0.05, 0) is 30.2 Å². The van der Waals surface area contributed by atoms with Crippen molar-refractivity contribution < 1.29 is 29.3 Å². The van der Waals surface area contributed by atoms with Crippen molar-refractivity contribution in [2.45, 2.75) is 37.7 Å². The molecule has 3 unspecified atom stereocenters. The van der Waals surface area contributed by atoms with E-state index in [-0.39, 0.29) is 26.1 Å². The summed E-state index contributed by atoms with van der Waals surface area (Å²) in [4.78, 5) is 26.9. The number of aliphatic hydroxyl groups is 2. The standard InChI is InChI=1S/C23H28N2O6/c1-23(21(28)24-13-20(27)17-9-6-10-19(11-17)30-2)12-18(26)14-25(23)22(29)31-15-16-7-4-3-5-8-16/h3-11,18,20,26-27H,12-15H2,1-2H3,(H,24,28). The number of carbonyl (C=O) groups excluding carboxylic acids is 2. The van der Waals surface area contributed by atoms with Gasteiger partial charge in [0.25, 0.3) is 0 Å². The van der Waals surface area contributed by atoms with Crippen molar-refractivity contribution in [3.63, 3.8) is 0 Å². The lowest BCUT2D eigenvalue weighted by Crippen LogP contribution is -2.56. The zero-order valence-corrected chi connectivity index (χ0v) is 17.7. The molecule has 3 atom stereocenters. The largest absolute Gasteiger partial charge is 0.497 e. The highest BCUT2D eigenvalue weighted by atomic mass is 16.6. The van der Waals surface area contributed by atoms with Crippen molar-refractivity contribution in [1.29, 1.82) is 0 Å². The van der Waals surface area contributed by atoms with Gasteiger partial charge in [0.2, 0.25) is 5.91 Å². The second-order valence-electron chi connectivity index (χ2n) is 7.79. The molecular weight excluding hydrogens is 400 g/mol. The van der Waals surface area contributed by atoms with E-state index in [1.54, 1.807) is 31.2 Å². The average Bonchev–Trinajstić information content (AvgIpc) is 3.11. The van der Waals surface area contributed by atoms with E-state index in [1.165, 1.54) is 12.0 Å². The van der Waals surface area contributed by atoms with E-state index < -0.39 is 29.7 Å². The van der Waals surface area contributed by atoms with E-state index in [4.69, 9.17) is 9.47 Å². The fraction of sp³-hybridized carbons (Fsp3) is 0.391. The lowest BCUT2D eigenvalue weighted by Gasteiger charge is -2.33. The van der Waals surface area contributed by atoms with E-state index in [0.29, 0.717) is 11.3 Å². The normalized spacial score (nSPS) is 21.4. The van der Waals surface area contributed by atoms with Gasteiger partial charge in [-0.1, -0.05) is 42.5 Å². The molecule has 2 aromatic rings. The number of hydrogen-bond acceptors (Lipinski definition) is 6. The third kappa shape index (κ3) is 5.34. The molecule has 166 valence electrons. The van der Waals surface area contributed by atoms with Crippen LogP contribution in [0.4, 0.5) is 4.79 Å². The molecule has 0 radical (unpaired) electrons. The lowest BCUT2D eigenvalue weighted by atomic mass is 9.96. The Balaban J connectivity index is 1.62. The number of nitrogens with one attached hydrogen (secondary N) is 1. The maximum atomic E-state index is 13.0. The second kappa shape index (κ2) is 9.80. The molecule has 2 amide bonds. The van der Waals surface area contributed by atoms with Gasteiger partial charge >= 0.3 is 6.09 Å². The Kier molecular flexibility index (Phi) is 7.14. The summed E-state index contributed by atoms with van der Waals surface area (Å²) in [5, 5.41) is 23.3. The van der Waals surface area contributed by atoms with E-state index >= 15 is 0 Å². The Morgan fingerprint density at radius 3 is 2.68 bits per heavy atom. The van der Waals surface area contributed by atoms with Crippen LogP contribution in [0.1, 0.15) is 30.6 Å². The average molecular weight is 428 g/mol. The molecule has 0 aromatic heterocycles. The molecule has 1 fully saturated rings. The number of likely N-dealkylation sites (tertiary alicyclic amines) is 1. The Morgan fingerprint density at radius 1 is 1.23 bits per heavy atom. The first-order valence-corrected chi connectivity index (χ1v) is 10.1. The monoisotopic (exact) mass is 428 g/mol. The van der Waals surface area contributed by atoms with Gasteiger partial charge in [0.05, 0.1) is 25.9 Å². The zero-order valence-electron chi connectivity index (χ0n) is 17.7. The topological polar surface area (TPSA) is 108 Å². The Hall–Kier alpha value is -3.10. The number of ether oxygens (including phenoxy) is 2. The van der Waals surface area contributed by atoms with Crippen LogP contribution in [0.2, 0.25) is 0 Å². The maximum absolute atomic E-state index is 13.0. The summed E-state index contributed by atoms with van der Waals surface area (Å²) in [6.45, 7) is 1.60. The van der Waals surface area contributed by atoms with Gasteiger partial charge < -0.3 is 25.0 Å². The maximum Gasteiger partial charge on any atom is 0.411 e. The third-order valence-corrected chi connectivity index (χ3v) is 5.47. The minimum absolute atomic E-state index is 0.00399. The van der Waals surface area contributed by atoms with Gasteiger partial charge in [-0.25, -0.2) is 4.79 Å². The molecule has 0 aliphatic carbocycles.